The molecular weight excluding hydrogens is 624 g/mol. The smallest absolute Gasteiger partial charge is 0.490 e. The third-order valence-electron chi connectivity index (χ3n) is 11.6. The van der Waals surface area contributed by atoms with Crippen molar-refractivity contribution in [3.63, 3.8) is 0 Å². The van der Waals surface area contributed by atoms with Crippen molar-refractivity contribution < 1.29 is 60.7 Å². The molecule has 4 rings (SSSR count). The third kappa shape index (κ3) is 8.10. The molecular formula is C31H47F6N3O6. The fourth-order valence-electron chi connectivity index (χ4n) is 9.14. The summed E-state index contributed by atoms with van der Waals surface area (Å²) in [7, 11) is 3.68. The standard InChI is InChI=1S/C29H46F3N3O4.C2HF3O2/c1-18(34-39-25(37)35(6)16-15-33-5)21-9-10-22-20-8-7-19-17-26(2,38-24(36)29(30,31)32)13-14-27(19,3)23(20)11-12-28(21,22)4;3-2(4,5)1(6)7/h19-23,33H,7-17H2,1-6H3;(H,6,7)/b34-18+;/t19?,20-,21+,22-,23-,26+,27-,28+;/m0./s1. The zero-order valence-electron chi connectivity index (χ0n) is 27.4. The molecule has 0 aromatic rings. The number of alkyl halides is 6. The summed E-state index contributed by atoms with van der Waals surface area (Å²) in [5, 5.41) is 15.1. The Morgan fingerprint density at radius 3 is 2.09 bits per heavy atom. The summed E-state index contributed by atoms with van der Waals surface area (Å²) in [4.78, 5) is 39.6. The predicted octanol–water partition coefficient (Wildman–Crippen LogP) is 4.45. The van der Waals surface area contributed by atoms with Crippen LogP contribution in [0.15, 0.2) is 5.16 Å². The van der Waals surface area contributed by atoms with E-state index in [2.05, 4.69) is 19.0 Å². The molecule has 0 radical (unpaired) electrons. The van der Waals surface area contributed by atoms with Gasteiger partial charge in [-0.15, -0.1) is 0 Å². The monoisotopic (exact) mass is 671 g/mol. The van der Waals surface area contributed by atoms with Crippen LogP contribution in [0.4, 0.5) is 31.1 Å². The van der Waals surface area contributed by atoms with E-state index in [1.54, 1.807) is 18.9 Å². The first-order valence-electron chi connectivity index (χ1n) is 15.9. The number of nitrogens with two attached hydrogens (primary N) is 1. The Bertz CT molecular complexity index is 1160. The Kier molecular flexibility index (Phi) is 11.4. The molecule has 4 fully saturated rings. The van der Waals surface area contributed by atoms with Crippen molar-refractivity contribution >= 4 is 23.7 Å². The number of likely N-dealkylation sites (N-methyl/N-ethyl adjacent to an activating group) is 2. The molecule has 0 heterocycles. The SMILES string of the molecule is C[NH2+]CCN(C)C(=O)O/N=C(\C)[C@H]1CC[C@H]2[C@@H]3CCC4C[C@](C)(OC(=O)C(F)(F)F)CC[C@]4(C)[C@H]3CC[C@]12C.O=C([O-])C(F)(F)F. The number of halogens is 6. The molecule has 0 aromatic carbocycles. The molecule has 0 aromatic heterocycles. The lowest BCUT2D eigenvalue weighted by Crippen LogP contribution is -2.81. The van der Waals surface area contributed by atoms with Crippen molar-refractivity contribution in [2.75, 3.05) is 27.2 Å². The summed E-state index contributed by atoms with van der Waals surface area (Å²) in [6.07, 6.45) is -2.51. The summed E-state index contributed by atoms with van der Waals surface area (Å²) < 4.78 is 75.3. The van der Waals surface area contributed by atoms with Crippen LogP contribution in [0, 0.1) is 40.4 Å². The molecule has 9 nitrogen and oxygen atoms in total. The maximum atomic E-state index is 12.9. The predicted molar refractivity (Wildman–Crippen MR) is 152 cm³/mol. The minimum absolute atomic E-state index is 0.0473. The van der Waals surface area contributed by atoms with Gasteiger partial charge in [-0.1, -0.05) is 19.0 Å². The van der Waals surface area contributed by atoms with Gasteiger partial charge in [0.25, 0.3) is 0 Å². The number of rotatable bonds is 6. The summed E-state index contributed by atoms with van der Waals surface area (Å²) in [5.41, 5.74) is -0.0223. The first-order valence-corrected chi connectivity index (χ1v) is 15.9. The molecule has 8 atom stereocenters. The van der Waals surface area contributed by atoms with Crippen molar-refractivity contribution in [3.05, 3.63) is 0 Å². The van der Waals surface area contributed by atoms with Gasteiger partial charge in [-0.2, -0.15) is 26.3 Å². The average molecular weight is 672 g/mol. The molecule has 264 valence electrons. The highest BCUT2D eigenvalue weighted by Gasteiger charge is 2.62. The molecule has 1 amide bonds. The lowest BCUT2D eigenvalue weighted by Gasteiger charge is -2.62. The van der Waals surface area contributed by atoms with Gasteiger partial charge in [-0.05, 0) is 106 Å². The van der Waals surface area contributed by atoms with Gasteiger partial charge in [0.05, 0.1) is 25.8 Å². The molecule has 4 aliphatic carbocycles. The van der Waals surface area contributed by atoms with Crippen molar-refractivity contribution in [3.8, 4) is 0 Å². The van der Waals surface area contributed by atoms with E-state index in [1.807, 2.05) is 19.3 Å². The van der Waals surface area contributed by atoms with Crippen molar-refractivity contribution in [2.45, 2.75) is 103 Å². The van der Waals surface area contributed by atoms with E-state index in [-0.39, 0.29) is 22.7 Å². The number of amides is 1. The normalized spacial score (nSPS) is 35.8. The third-order valence-corrected chi connectivity index (χ3v) is 11.6. The van der Waals surface area contributed by atoms with Crippen LogP contribution in [0.1, 0.15) is 85.5 Å². The minimum Gasteiger partial charge on any atom is -0.542 e. The van der Waals surface area contributed by atoms with Crippen LogP contribution < -0.4 is 10.4 Å². The van der Waals surface area contributed by atoms with E-state index in [1.165, 1.54) is 0 Å². The molecule has 0 saturated heterocycles. The molecule has 1 unspecified atom stereocenters. The summed E-state index contributed by atoms with van der Waals surface area (Å²) >= 11 is 0. The van der Waals surface area contributed by atoms with Crippen LogP contribution in [0.5, 0.6) is 0 Å². The van der Waals surface area contributed by atoms with E-state index in [9.17, 15) is 35.9 Å². The molecule has 4 saturated carbocycles. The van der Waals surface area contributed by atoms with Crippen LogP contribution >= 0.6 is 0 Å². The lowest BCUT2D eigenvalue weighted by molar-refractivity contribution is -0.626. The Hall–Kier alpha value is -2.58. The van der Waals surface area contributed by atoms with E-state index < -0.39 is 36.0 Å². The summed E-state index contributed by atoms with van der Waals surface area (Å²) in [6.45, 7) is 9.79. The quantitative estimate of drug-likeness (QED) is 0.146. The fraction of sp³-hybridized carbons (Fsp3) is 0.871. The number of carbonyl (C=O) groups is 3. The minimum atomic E-state index is -5.19. The highest BCUT2D eigenvalue weighted by atomic mass is 19.4. The maximum Gasteiger partial charge on any atom is 0.490 e. The number of ether oxygens (including phenoxy) is 1. The van der Waals surface area contributed by atoms with Gasteiger partial charge in [0, 0.05) is 13.0 Å². The zero-order valence-corrected chi connectivity index (χ0v) is 27.4. The van der Waals surface area contributed by atoms with E-state index >= 15 is 0 Å². The Balaban J connectivity index is 0.000000738. The average Bonchev–Trinajstić information content (AvgIpc) is 3.31. The fourth-order valence-corrected chi connectivity index (χ4v) is 9.14. The lowest BCUT2D eigenvalue weighted by atomic mass is 9.44. The topological polar surface area (TPSA) is 125 Å². The number of carbonyl (C=O) groups excluding carboxylic acids is 3. The van der Waals surface area contributed by atoms with Gasteiger partial charge in [0.2, 0.25) is 0 Å². The largest absolute Gasteiger partial charge is 0.542 e. The number of esters is 1. The molecule has 15 heteroatoms. The van der Waals surface area contributed by atoms with Gasteiger partial charge < -0.3 is 24.9 Å². The van der Waals surface area contributed by atoms with E-state index in [4.69, 9.17) is 19.5 Å². The molecule has 0 bridgehead atoms. The van der Waals surface area contributed by atoms with Crippen molar-refractivity contribution in [2.24, 2.45) is 45.6 Å². The van der Waals surface area contributed by atoms with Gasteiger partial charge in [0.1, 0.15) is 11.6 Å². The number of nitrogens with zero attached hydrogens (tertiary/aromatic N) is 2. The number of carboxylic acid groups (broad SMARTS) is 1. The molecule has 0 spiro atoms. The van der Waals surface area contributed by atoms with E-state index in [0.29, 0.717) is 37.1 Å². The molecule has 0 aliphatic heterocycles. The molecule has 2 N–H and O–H groups in total. The number of aliphatic carboxylic acids is 1. The molecule has 46 heavy (non-hydrogen) atoms. The second-order valence-corrected chi connectivity index (χ2v) is 14.4. The Labute approximate surface area is 265 Å². The van der Waals surface area contributed by atoms with Gasteiger partial charge in [0.15, 0.2) is 0 Å². The Morgan fingerprint density at radius 2 is 1.52 bits per heavy atom. The number of oxime groups is 1. The van der Waals surface area contributed by atoms with Crippen LogP contribution in [0.3, 0.4) is 0 Å². The first kappa shape index (κ1) is 37.9. The number of carboxylic acids is 1. The molecule has 4 aliphatic rings. The maximum absolute atomic E-state index is 12.9. The van der Waals surface area contributed by atoms with Gasteiger partial charge in [-0.25, -0.2) is 9.59 Å². The van der Waals surface area contributed by atoms with Gasteiger partial charge >= 0.3 is 24.4 Å². The second-order valence-electron chi connectivity index (χ2n) is 14.4. The number of hydrogen-bond acceptors (Lipinski definition) is 7. The zero-order chi connectivity index (χ0) is 34.9. The van der Waals surface area contributed by atoms with Crippen LogP contribution in [0.25, 0.3) is 0 Å². The van der Waals surface area contributed by atoms with Gasteiger partial charge in [-0.3, -0.25) is 4.84 Å². The first-order chi connectivity index (χ1) is 21.1. The summed E-state index contributed by atoms with van der Waals surface area (Å²) in [6, 6.07) is 0. The number of quaternary nitrogens is 1. The second kappa shape index (κ2) is 13.9. The number of hydrogen-bond donors (Lipinski definition) is 1. The van der Waals surface area contributed by atoms with Crippen molar-refractivity contribution in [1.82, 2.24) is 4.90 Å². The van der Waals surface area contributed by atoms with Crippen LogP contribution in [-0.2, 0) is 19.2 Å². The highest BCUT2D eigenvalue weighted by molar-refractivity contribution is 5.85. The van der Waals surface area contributed by atoms with Crippen LogP contribution in [0.2, 0.25) is 0 Å². The summed E-state index contributed by atoms with van der Waals surface area (Å²) in [5.74, 6) is -2.90. The van der Waals surface area contributed by atoms with E-state index in [0.717, 1.165) is 57.2 Å². The van der Waals surface area contributed by atoms with Crippen LogP contribution in [-0.4, -0.2) is 73.8 Å². The van der Waals surface area contributed by atoms with Crippen molar-refractivity contribution in [1.29, 1.82) is 0 Å². The Morgan fingerprint density at radius 1 is 0.913 bits per heavy atom. The highest BCUT2D eigenvalue weighted by Crippen LogP contribution is 2.68. The number of fused-ring (bicyclic) bond motifs is 5.